The predicted octanol–water partition coefficient (Wildman–Crippen LogP) is 0.381. The Kier molecular flexibility index (Phi) is 3.24. The molecule has 2 heterocycles. The van der Waals surface area contributed by atoms with Gasteiger partial charge in [0.05, 0.1) is 25.7 Å². The molecule has 4 atom stereocenters. The van der Waals surface area contributed by atoms with E-state index >= 15 is 0 Å². The number of aryl methyl sites for hydroxylation is 1. The summed E-state index contributed by atoms with van der Waals surface area (Å²) in [5.41, 5.74) is 0. The fourth-order valence-corrected chi connectivity index (χ4v) is 2.49. The van der Waals surface area contributed by atoms with E-state index in [4.69, 9.17) is 4.74 Å². The zero-order valence-electron chi connectivity index (χ0n) is 10.6. The van der Waals surface area contributed by atoms with Crippen molar-refractivity contribution in [2.75, 3.05) is 0 Å². The summed E-state index contributed by atoms with van der Waals surface area (Å²) in [6.07, 6.45) is 0.349. The topological polar surface area (TPSA) is 69.9 Å². The molecule has 0 radical (unpaired) electrons. The monoisotopic (exact) mass is 238 g/mol. The lowest BCUT2D eigenvalue weighted by Crippen LogP contribution is -2.28. The summed E-state index contributed by atoms with van der Waals surface area (Å²) in [4.78, 5) is 13.6. The number of ketones is 1. The summed E-state index contributed by atoms with van der Waals surface area (Å²) in [6, 6.07) is 0. The van der Waals surface area contributed by atoms with E-state index in [1.807, 2.05) is 13.8 Å². The minimum absolute atomic E-state index is 0.0239. The molecule has 1 fully saturated rings. The number of carbonyl (C=O) groups excluding carboxylic acids is 1. The highest BCUT2D eigenvalue weighted by Gasteiger charge is 2.41. The van der Waals surface area contributed by atoms with Crippen molar-refractivity contribution >= 4 is 5.78 Å². The molecule has 1 aliphatic rings. The van der Waals surface area contributed by atoms with Gasteiger partial charge in [-0.3, -0.25) is 4.79 Å². The molecule has 0 aliphatic carbocycles. The van der Waals surface area contributed by atoms with Gasteiger partial charge in [-0.15, -0.1) is 10.2 Å². The molecule has 0 spiro atoms. The van der Waals surface area contributed by atoms with Gasteiger partial charge in [-0.2, -0.15) is 4.80 Å². The lowest BCUT2D eigenvalue weighted by Gasteiger charge is -2.15. The van der Waals surface area contributed by atoms with Gasteiger partial charge in [0.15, 0.2) is 5.82 Å². The van der Waals surface area contributed by atoms with Gasteiger partial charge in [0.25, 0.3) is 0 Å². The molecule has 0 bridgehead atoms. The number of rotatable bonds is 3. The maximum absolute atomic E-state index is 12.2. The van der Waals surface area contributed by atoms with Crippen LogP contribution in [0.15, 0.2) is 0 Å². The Morgan fingerprint density at radius 1 is 1.35 bits per heavy atom. The quantitative estimate of drug-likeness (QED) is 0.761. The Labute approximate surface area is 100 Å². The van der Waals surface area contributed by atoms with E-state index in [2.05, 4.69) is 22.3 Å². The predicted molar refractivity (Wildman–Crippen MR) is 60.2 cm³/mol. The second-order valence-electron chi connectivity index (χ2n) is 4.77. The zero-order chi connectivity index (χ0) is 12.6. The van der Waals surface area contributed by atoms with Gasteiger partial charge in [-0.1, -0.05) is 6.92 Å². The van der Waals surface area contributed by atoms with Gasteiger partial charge in [0.2, 0.25) is 0 Å². The standard InChI is InChI=1S/C11H18N4O2/c1-6-7(2)17-8(3)11(6)9(16)5-10-12-14-15(4)13-10/h6-8,11H,5H2,1-4H3. The van der Waals surface area contributed by atoms with Gasteiger partial charge < -0.3 is 4.74 Å². The zero-order valence-corrected chi connectivity index (χ0v) is 10.6. The molecule has 94 valence electrons. The first-order valence-electron chi connectivity index (χ1n) is 5.90. The molecule has 4 unspecified atom stereocenters. The number of Topliss-reactive ketones (excluding diaryl/α,β-unsaturated/α-hetero) is 1. The third-order valence-corrected chi connectivity index (χ3v) is 3.50. The van der Waals surface area contributed by atoms with Gasteiger partial charge >= 0.3 is 0 Å². The van der Waals surface area contributed by atoms with Crippen LogP contribution >= 0.6 is 0 Å². The lowest BCUT2D eigenvalue weighted by atomic mass is 9.85. The van der Waals surface area contributed by atoms with Crippen molar-refractivity contribution in [2.24, 2.45) is 18.9 Å². The normalized spacial score (nSPS) is 32.9. The molecule has 0 saturated carbocycles. The Morgan fingerprint density at radius 3 is 2.53 bits per heavy atom. The Bertz CT molecular complexity index is 417. The average Bonchev–Trinajstić information content (AvgIpc) is 2.73. The summed E-state index contributed by atoms with van der Waals surface area (Å²) in [7, 11) is 1.69. The first-order valence-corrected chi connectivity index (χ1v) is 5.90. The van der Waals surface area contributed by atoms with Crippen LogP contribution in [0.25, 0.3) is 0 Å². The van der Waals surface area contributed by atoms with Crippen LogP contribution in [0.2, 0.25) is 0 Å². The second kappa shape index (κ2) is 4.52. The SMILES string of the molecule is CC1OC(C)C(C(=O)Cc2nnn(C)n2)C1C. The molecular weight excluding hydrogens is 220 g/mol. The van der Waals surface area contributed by atoms with Crippen LogP contribution in [0.5, 0.6) is 0 Å². The van der Waals surface area contributed by atoms with E-state index in [0.29, 0.717) is 5.82 Å². The van der Waals surface area contributed by atoms with Crippen LogP contribution in [0.3, 0.4) is 0 Å². The highest BCUT2D eigenvalue weighted by Crippen LogP contribution is 2.33. The van der Waals surface area contributed by atoms with Crippen LogP contribution in [-0.4, -0.2) is 38.2 Å². The molecule has 0 aromatic carbocycles. The number of tetrazole rings is 1. The van der Waals surface area contributed by atoms with E-state index in [-0.39, 0.29) is 36.2 Å². The fraction of sp³-hybridized carbons (Fsp3) is 0.818. The molecule has 1 aromatic heterocycles. The summed E-state index contributed by atoms with van der Waals surface area (Å²) in [6.45, 7) is 6.02. The number of hydrogen-bond acceptors (Lipinski definition) is 5. The van der Waals surface area contributed by atoms with E-state index in [1.165, 1.54) is 4.80 Å². The molecule has 0 amide bonds. The van der Waals surface area contributed by atoms with Crippen molar-refractivity contribution in [1.29, 1.82) is 0 Å². The van der Waals surface area contributed by atoms with Crippen LogP contribution in [0, 0.1) is 11.8 Å². The maximum Gasteiger partial charge on any atom is 0.182 e. The molecule has 0 N–H and O–H groups in total. The molecule has 17 heavy (non-hydrogen) atoms. The second-order valence-corrected chi connectivity index (χ2v) is 4.77. The highest BCUT2D eigenvalue weighted by molar-refractivity contribution is 5.83. The Balaban J connectivity index is 2.05. The van der Waals surface area contributed by atoms with Crippen molar-refractivity contribution in [3.63, 3.8) is 0 Å². The van der Waals surface area contributed by atoms with Gasteiger partial charge in [-0.05, 0) is 25.0 Å². The molecule has 1 aromatic rings. The number of hydrogen-bond donors (Lipinski definition) is 0. The number of carbonyl (C=O) groups is 1. The minimum atomic E-state index is -0.0613. The van der Waals surface area contributed by atoms with Gasteiger partial charge in [0.1, 0.15) is 5.78 Å². The summed E-state index contributed by atoms with van der Waals surface area (Å²) in [5, 5.41) is 11.6. The smallest absolute Gasteiger partial charge is 0.182 e. The molecular formula is C11H18N4O2. The van der Waals surface area contributed by atoms with Crippen molar-refractivity contribution < 1.29 is 9.53 Å². The van der Waals surface area contributed by atoms with Crippen LogP contribution < -0.4 is 0 Å². The highest BCUT2D eigenvalue weighted by atomic mass is 16.5. The van der Waals surface area contributed by atoms with Crippen molar-refractivity contribution in [3.05, 3.63) is 5.82 Å². The van der Waals surface area contributed by atoms with Gasteiger partial charge in [0, 0.05) is 5.92 Å². The first kappa shape index (κ1) is 12.2. The number of nitrogens with zero attached hydrogens (tertiary/aromatic N) is 4. The third-order valence-electron chi connectivity index (χ3n) is 3.50. The average molecular weight is 238 g/mol. The minimum Gasteiger partial charge on any atom is -0.375 e. The van der Waals surface area contributed by atoms with Crippen LogP contribution in [0.4, 0.5) is 0 Å². The molecule has 6 heteroatoms. The van der Waals surface area contributed by atoms with E-state index in [1.54, 1.807) is 7.05 Å². The van der Waals surface area contributed by atoms with Crippen molar-refractivity contribution in [2.45, 2.75) is 39.4 Å². The lowest BCUT2D eigenvalue weighted by molar-refractivity contribution is -0.124. The first-order chi connectivity index (χ1) is 7.99. The van der Waals surface area contributed by atoms with Crippen molar-refractivity contribution in [1.82, 2.24) is 20.2 Å². The van der Waals surface area contributed by atoms with E-state index in [0.717, 1.165) is 0 Å². The molecule has 6 nitrogen and oxygen atoms in total. The fourth-order valence-electron chi connectivity index (χ4n) is 2.49. The van der Waals surface area contributed by atoms with Crippen LogP contribution in [0.1, 0.15) is 26.6 Å². The third kappa shape index (κ3) is 2.36. The molecule has 1 saturated heterocycles. The van der Waals surface area contributed by atoms with Crippen LogP contribution in [-0.2, 0) is 23.0 Å². The van der Waals surface area contributed by atoms with Crippen molar-refractivity contribution in [3.8, 4) is 0 Å². The Morgan fingerprint density at radius 2 is 2.06 bits per heavy atom. The summed E-state index contributed by atoms with van der Waals surface area (Å²) in [5.74, 6) is 0.807. The van der Waals surface area contributed by atoms with E-state index in [9.17, 15) is 4.79 Å². The Hall–Kier alpha value is -1.30. The number of aromatic nitrogens is 4. The maximum atomic E-state index is 12.2. The number of ether oxygens (including phenoxy) is 1. The van der Waals surface area contributed by atoms with E-state index < -0.39 is 0 Å². The molecule has 2 rings (SSSR count). The largest absolute Gasteiger partial charge is 0.375 e. The van der Waals surface area contributed by atoms with Gasteiger partial charge in [-0.25, -0.2) is 0 Å². The molecule has 1 aliphatic heterocycles. The summed E-state index contributed by atoms with van der Waals surface area (Å²) >= 11 is 0. The summed E-state index contributed by atoms with van der Waals surface area (Å²) < 4.78 is 5.67.